The zero-order chi connectivity index (χ0) is 42.2. The summed E-state index contributed by atoms with van der Waals surface area (Å²) < 4.78 is 19.4. The quantitative estimate of drug-likeness (QED) is 0.212. The molecule has 3 amide bonds. The molecule has 15 heteroatoms. The fourth-order valence-corrected chi connectivity index (χ4v) is 9.40. The van der Waals surface area contributed by atoms with E-state index in [9.17, 15) is 19.2 Å². The summed E-state index contributed by atoms with van der Waals surface area (Å²) in [7, 11) is 3.32. The van der Waals surface area contributed by atoms with Crippen molar-refractivity contribution >= 4 is 45.9 Å². The molecule has 3 unspecified atom stereocenters. The maximum atomic E-state index is 14.4. The third-order valence-corrected chi connectivity index (χ3v) is 12.7. The predicted octanol–water partition coefficient (Wildman–Crippen LogP) is 5.33. The van der Waals surface area contributed by atoms with Gasteiger partial charge in [-0.3, -0.25) is 29.2 Å². The molecule has 7 rings (SSSR count). The number of aryl methyl sites for hydroxylation is 1. The lowest BCUT2D eigenvalue weighted by Crippen LogP contribution is -2.62. The number of hydrazine groups is 1. The molecule has 0 aliphatic carbocycles. The highest BCUT2D eigenvalue weighted by Crippen LogP contribution is 2.42. The third-order valence-electron chi connectivity index (χ3n) is 11.8. The minimum atomic E-state index is -1.03. The molecule has 1 aromatic carbocycles. The van der Waals surface area contributed by atoms with Crippen LogP contribution in [0.25, 0.3) is 33.4 Å². The molecule has 2 saturated heterocycles. The summed E-state index contributed by atoms with van der Waals surface area (Å²) in [4.78, 5) is 67.0. The Kier molecular flexibility index (Phi) is 12.6. The van der Waals surface area contributed by atoms with Crippen molar-refractivity contribution < 1.29 is 33.4 Å². The molecule has 4 atom stereocenters. The second-order valence-electron chi connectivity index (χ2n) is 17.1. The van der Waals surface area contributed by atoms with E-state index in [0.29, 0.717) is 50.6 Å². The van der Waals surface area contributed by atoms with E-state index in [1.54, 1.807) is 20.4 Å². The van der Waals surface area contributed by atoms with Crippen molar-refractivity contribution in [2.75, 3.05) is 40.5 Å². The summed E-state index contributed by atoms with van der Waals surface area (Å²) in [5.74, 6) is -1.97. The number of benzene rings is 1. The van der Waals surface area contributed by atoms with Gasteiger partial charge in [-0.15, -0.1) is 11.3 Å². The highest BCUT2D eigenvalue weighted by atomic mass is 32.1. The number of carbonyl (C=O) groups is 4. The molecule has 59 heavy (non-hydrogen) atoms. The summed E-state index contributed by atoms with van der Waals surface area (Å²) in [5, 5.41) is 8.15. The Morgan fingerprint density at radius 3 is 2.64 bits per heavy atom. The van der Waals surface area contributed by atoms with Crippen molar-refractivity contribution in [3.8, 4) is 22.5 Å². The molecule has 2 fully saturated rings. The van der Waals surface area contributed by atoms with E-state index in [-0.39, 0.29) is 36.9 Å². The lowest BCUT2D eigenvalue weighted by Gasteiger charge is -2.37. The number of nitrogens with zero attached hydrogens (tertiary/aromatic N) is 5. The van der Waals surface area contributed by atoms with Gasteiger partial charge < -0.3 is 29.0 Å². The number of esters is 1. The van der Waals surface area contributed by atoms with Crippen LogP contribution in [0.15, 0.2) is 41.9 Å². The van der Waals surface area contributed by atoms with Crippen LogP contribution < -0.4 is 10.7 Å². The number of thiazole rings is 1. The number of fused-ring (bicyclic) bond motifs is 6. The van der Waals surface area contributed by atoms with Gasteiger partial charge in [-0.05, 0) is 68.9 Å². The second-order valence-corrected chi connectivity index (χ2v) is 18.1. The van der Waals surface area contributed by atoms with Crippen LogP contribution >= 0.6 is 11.3 Å². The summed E-state index contributed by atoms with van der Waals surface area (Å²) >= 11 is 1.42. The maximum Gasteiger partial charge on any atom is 0.324 e. The molecule has 14 nitrogen and oxygen atoms in total. The zero-order valence-electron chi connectivity index (χ0n) is 35.4. The molecule has 6 heterocycles. The number of aromatic nitrogens is 3. The molecule has 3 aliphatic rings. The van der Waals surface area contributed by atoms with Gasteiger partial charge in [0.1, 0.15) is 18.1 Å². The first-order chi connectivity index (χ1) is 28.2. The maximum absolute atomic E-state index is 14.4. The Bertz CT molecular complexity index is 2210. The normalized spacial score (nSPS) is 21.1. The second kappa shape index (κ2) is 17.5. The number of pyridine rings is 1. The highest BCUT2D eigenvalue weighted by molar-refractivity contribution is 7.10. The van der Waals surface area contributed by atoms with E-state index in [1.165, 1.54) is 21.2 Å². The van der Waals surface area contributed by atoms with Gasteiger partial charge in [0, 0.05) is 72.7 Å². The summed E-state index contributed by atoms with van der Waals surface area (Å²) in [6, 6.07) is 7.83. The number of amides is 3. The molecule has 6 bridgehead atoms. The van der Waals surface area contributed by atoms with E-state index < -0.39 is 41.3 Å². The first kappa shape index (κ1) is 42.4. The van der Waals surface area contributed by atoms with Crippen molar-refractivity contribution in [3.63, 3.8) is 0 Å². The van der Waals surface area contributed by atoms with Crippen LogP contribution in [0.5, 0.6) is 0 Å². The number of cyclic esters (lactones) is 1. The Hall–Kier alpha value is -4.70. The Morgan fingerprint density at radius 2 is 1.95 bits per heavy atom. The minimum absolute atomic E-state index is 0.112. The van der Waals surface area contributed by atoms with Gasteiger partial charge in [-0.25, -0.2) is 10.4 Å². The van der Waals surface area contributed by atoms with Crippen LogP contribution in [0.1, 0.15) is 76.8 Å². The molecule has 0 saturated carbocycles. The summed E-state index contributed by atoms with van der Waals surface area (Å²) in [5.41, 5.74) is 9.37. The average Bonchev–Trinajstić information content (AvgIpc) is 3.79. The fraction of sp³-hybridized carbons (Fsp3) is 0.545. The third kappa shape index (κ3) is 8.66. The first-order valence-electron chi connectivity index (χ1n) is 20.7. The molecular weight excluding hydrogens is 771 g/mol. The molecule has 0 radical (unpaired) electrons. The van der Waals surface area contributed by atoms with Crippen molar-refractivity contribution in [2.45, 2.75) is 98.0 Å². The number of methoxy groups -OCH3 is 1. The number of hydrogen-bond donors (Lipinski definition) is 2. The number of likely N-dealkylation sites (N-methyl/N-ethyl adjacent to an activating group) is 1. The Balaban J connectivity index is 1.31. The number of nitrogens with one attached hydrogen (secondary N) is 2. The first-order valence-corrected chi connectivity index (χ1v) is 21.6. The molecule has 2 N–H and O–H groups in total. The largest absolute Gasteiger partial charge is 0.464 e. The number of carbonyl (C=O) groups excluding carboxylic acids is 4. The van der Waals surface area contributed by atoms with E-state index in [1.807, 2.05) is 32.2 Å². The molecular formula is C44H57N7O7S. The summed E-state index contributed by atoms with van der Waals surface area (Å²) in [6.45, 7) is 13.9. The van der Waals surface area contributed by atoms with Gasteiger partial charge in [0.2, 0.25) is 11.8 Å². The van der Waals surface area contributed by atoms with Crippen LogP contribution in [0.3, 0.4) is 0 Å². The van der Waals surface area contributed by atoms with Gasteiger partial charge in [-0.1, -0.05) is 33.8 Å². The SMILES string of the molecule is CCn1c(-c2cccnc2C(C)OC)c2c3cc(ccc31)-c1csc(n1)CC(NC(=O)C(C(C)C)N(C)C(=O)C1COC1)C(=O)N1CCC[C@H](N1)C(=O)OCC(C)(C)C2. The van der Waals surface area contributed by atoms with Crippen LogP contribution in [-0.4, -0.2) is 107 Å². The lowest BCUT2D eigenvalue weighted by atomic mass is 9.84. The lowest BCUT2D eigenvalue weighted by molar-refractivity contribution is -0.156. The molecule has 4 aromatic rings. The zero-order valence-corrected chi connectivity index (χ0v) is 36.2. The average molecular weight is 828 g/mol. The number of hydrogen-bond acceptors (Lipinski definition) is 11. The molecule has 316 valence electrons. The fourth-order valence-electron chi connectivity index (χ4n) is 8.55. The van der Waals surface area contributed by atoms with Gasteiger partial charge in [-0.2, -0.15) is 0 Å². The van der Waals surface area contributed by atoms with E-state index >= 15 is 0 Å². The van der Waals surface area contributed by atoms with Gasteiger partial charge in [0.05, 0.1) is 53.9 Å². The monoisotopic (exact) mass is 827 g/mol. The smallest absolute Gasteiger partial charge is 0.324 e. The number of ether oxygens (including phenoxy) is 3. The topological polar surface area (TPSA) is 157 Å². The highest BCUT2D eigenvalue weighted by Gasteiger charge is 2.40. The van der Waals surface area contributed by atoms with Gasteiger partial charge in [0.25, 0.3) is 5.91 Å². The van der Waals surface area contributed by atoms with Crippen molar-refractivity contribution in [3.05, 3.63) is 58.2 Å². The van der Waals surface area contributed by atoms with E-state index in [0.717, 1.165) is 44.7 Å². The van der Waals surface area contributed by atoms with Crippen molar-refractivity contribution in [2.24, 2.45) is 17.3 Å². The molecule has 0 spiro atoms. The Morgan fingerprint density at radius 1 is 1.17 bits per heavy atom. The molecule has 3 aromatic heterocycles. The van der Waals surface area contributed by atoms with Crippen molar-refractivity contribution in [1.29, 1.82) is 0 Å². The van der Waals surface area contributed by atoms with Crippen LogP contribution in [-0.2, 0) is 52.8 Å². The van der Waals surface area contributed by atoms with Gasteiger partial charge in [0.15, 0.2) is 0 Å². The van der Waals surface area contributed by atoms with E-state index in [2.05, 4.69) is 60.3 Å². The predicted molar refractivity (Wildman–Crippen MR) is 225 cm³/mol. The van der Waals surface area contributed by atoms with Gasteiger partial charge >= 0.3 is 5.97 Å². The summed E-state index contributed by atoms with van der Waals surface area (Å²) in [6.07, 6.45) is 3.30. The van der Waals surface area contributed by atoms with Crippen LogP contribution in [0.4, 0.5) is 0 Å². The Labute approximate surface area is 350 Å². The number of rotatable bonds is 9. The minimum Gasteiger partial charge on any atom is -0.464 e. The van der Waals surface area contributed by atoms with Crippen molar-refractivity contribution in [1.82, 2.24) is 35.2 Å². The van der Waals surface area contributed by atoms with E-state index in [4.69, 9.17) is 24.2 Å². The van der Waals surface area contributed by atoms with Crippen LogP contribution in [0.2, 0.25) is 0 Å². The van der Waals surface area contributed by atoms with Crippen LogP contribution in [0, 0.1) is 17.3 Å². The molecule has 3 aliphatic heterocycles. The standard InChI is InChI=1S/C44H57N7O7S/c1-9-50-35-15-14-27-18-30(35)31(39(50)29-12-10-16-45-37(29)26(4)56-8)20-44(5,6)24-58-43(55)32-13-11-17-51(48-32)42(54)33(19-36-46-34(27)23-59-36)47-40(52)38(25(2)3)49(7)41(53)28-21-57-22-28/h10,12,14-16,18,23,25-26,28,32-33,38,48H,9,11,13,17,19-22,24H2,1-8H3,(H,47,52)/t26?,32-,33?,38?/m0/s1.